The zero-order valence-electron chi connectivity index (χ0n) is 11.1. The lowest BCUT2D eigenvalue weighted by atomic mass is 9.57. The fourth-order valence-electron chi connectivity index (χ4n) is 4.52. The van der Waals surface area contributed by atoms with E-state index in [9.17, 15) is 14.4 Å². The molecule has 4 rings (SSSR count). The molecule has 3 aliphatic rings. The number of fused-ring (bicyclic) bond motifs is 6. The molecule has 0 radical (unpaired) electrons. The van der Waals surface area contributed by atoms with Gasteiger partial charge in [-0.3, -0.25) is 14.4 Å². The number of carbonyl (C=O) groups is 3. The van der Waals surface area contributed by atoms with Crippen LogP contribution in [-0.4, -0.2) is 17.3 Å². The lowest BCUT2D eigenvalue weighted by Gasteiger charge is -2.41. The van der Waals surface area contributed by atoms with Gasteiger partial charge in [0.2, 0.25) is 0 Å². The van der Waals surface area contributed by atoms with E-state index in [1.807, 2.05) is 12.2 Å². The summed E-state index contributed by atoms with van der Waals surface area (Å²) in [7, 11) is 0. The smallest absolute Gasteiger partial charge is 0.178 e. The lowest BCUT2D eigenvalue weighted by molar-refractivity contribution is -0.126. The van der Waals surface area contributed by atoms with E-state index in [0.29, 0.717) is 11.1 Å². The van der Waals surface area contributed by atoms with Gasteiger partial charge in [-0.2, -0.15) is 0 Å². The quantitative estimate of drug-likeness (QED) is 0.579. The van der Waals surface area contributed by atoms with Crippen LogP contribution in [0.25, 0.3) is 0 Å². The van der Waals surface area contributed by atoms with Gasteiger partial charge < -0.3 is 0 Å². The van der Waals surface area contributed by atoms with Crippen LogP contribution in [0, 0.1) is 23.2 Å². The van der Waals surface area contributed by atoms with Crippen LogP contribution in [0.1, 0.15) is 34.1 Å². The maximum absolute atomic E-state index is 13.0. The third kappa shape index (κ3) is 1.06. The second kappa shape index (κ2) is 3.54. The van der Waals surface area contributed by atoms with E-state index in [-0.39, 0.29) is 29.2 Å². The van der Waals surface area contributed by atoms with E-state index in [2.05, 4.69) is 0 Å². The summed E-state index contributed by atoms with van der Waals surface area (Å²) in [6, 6.07) is 6.90. The standard InChI is InChI=1S/C17H14O3/c1-9(18)17-11-7-6-10(8-11)14(17)15(19)12-4-2-3-5-13(12)16(17)20/h2-7,10-11,14H,8H2,1H3/t10-,11+,14+,17+/m1/s1. The van der Waals surface area contributed by atoms with Crippen molar-refractivity contribution in [2.45, 2.75) is 13.3 Å². The molecule has 0 spiro atoms. The van der Waals surface area contributed by atoms with E-state index in [1.54, 1.807) is 24.3 Å². The topological polar surface area (TPSA) is 51.2 Å². The van der Waals surface area contributed by atoms with Crippen molar-refractivity contribution in [3.63, 3.8) is 0 Å². The largest absolute Gasteiger partial charge is 0.299 e. The second-order valence-electron chi connectivity index (χ2n) is 6.03. The van der Waals surface area contributed by atoms with Gasteiger partial charge in [-0.15, -0.1) is 0 Å². The maximum Gasteiger partial charge on any atom is 0.178 e. The second-order valence-corrected chi connectivity index (χ2v) is 6.03. The van der Waals surface area contributed by atoms with E-state index in [1.165, 1.54) is 6.92 Å². The average molecular weight is 266 g/mol. The van der Waals surface area contributed by atoms with Crippen molar-refractivity contribution in [2.75, 3.05) is 0 Å². The lowest BCUT2D eigenvalue weighted by Crippen LogP contribution is -2.53. The average Bonchev–Trinajstić information content (AvgIpc) is 3.04. The number of benzene rings is 1. The molecule has 1 aromatic carbocycles. The first-order valence-corrected chi connectivity index (χ1v) is 6.96. The zero-order chi connectivity index (χ0) is 14.1. The maximum atomic E-state index is 13.0. The number of hydrogen-bond acceptors (Lipinski definition) is 3. The highest BCUT2D eigenvalue weighted by molar-refractivity contribution is 6.26. The van der Waals surface area contributed by atoms with Crippen molar-refractivity contribution < 1.29 is 14.4 Å². The van der Waals surface area contributed by atoms with Crippen LogP contribution < -0.4 is 0 Å². The summed E-state index contributed by atoms with van der Waals surface area (Å²) in [5.74, 6) is -0.910. The van der Waals surface area contributed by atoms with Gasteiger partial charge in [0.1, 0.15) is 11.2 Å². The number of rotatable bonds is 1. The minimum Gasteiger partial charge on any atom is -0.299 e. The summed E-state index contributed by atoms with van der Waals surface area (Å²) >= 11 is 0. The fraction of sp³-hybridized carbons (Fsp3) is 0.353. The van der Waals surface area contributed by atoms with Gasteiger partial charge in [0.05, 0.1) is 0 Å². The summed E-state index contributed by atoms with van der Waals surface area (Å²) < 4.78 is 0. The predicted molar refractivity (Wildman–Crippen MR) is 72.4 cm³/mol. The number of hydrogen-bond donors (Lipinski definition) is 0. The molecule has 3 nitrogen and oxygen atoms in total. The van der Waals surface area contributed by atoms with Crippen LogP contribution in [0.15, 0.2) is 36.4 Å². The highest BCUT2D eigenvalue weighted by Crippen LogP contribution is 2.60. The van der Waals surface area contributed by atoms with Crippen LogP contribution in [0.4, 0.5) is 0 Å². The molecule has 100 valence electrons. The predicted octanol–water partition coefficient (Wildman–Crippen LogP) is 2.46. The first-order valence-electron chi connectivity index (χ1n) is 6.96. The number of carbonyl (C=O) groups excluding carboxylic acids is 3. The zero-order valence-corrected chi connectivity index (χ0v) is 11.1. The Morgan fingerprint density at radius 2 is 1.85 bits per heavy atom. The molecular weight excluding hydrogens is 252 g/mol. The molecule has 0 amide bonds. The molecule has 2 bridgehead atoms. The molecule has 0 N–H and O–H groups in total. The Labute approximate surface area is 116 Å². The normalized spacial score (nSPS) is 37.0. The fourth-order valence-corrected chi connectivity index (χ4v) is 4.52. The van der Waals surface area contributed by atoms with Gasteiger partial charge >= 0.3 is 0 Å². The highest BCUT2D eigenvalue weighted by Gasteiger charge is 2.67. The van der Waals surface area contributed by atoms with Crippen molar-refractivity contribution >= 4 is 17.3 Å². The van der Waals surface area contributed by atoms with E-state index in [0.717, 1.165) is 6.42 Å². The van der Waals surface area contributed by atoms with Gasteiger partial charge in [-0.25, -0.2) is 0 Å². The summed E-state index contributed by atoms with van der Waals surface area (Å²) in [5.41, 5.74) is -0.226. The first-order chi connectivity index (χ1) is 9.58. The Hall–Kier alpha value is -2.03. The minimum atomic E-state index is -1.13. The Morgan fingerprint density at radius 3 is 2.55 bits per heavy atom. The van der Waals surface area contributed by atoms with E-state index in [4.69, 9.17) is 0 Å². The Kier molecular flexibility index (Phi) is 2.08. The van der Waals surface area contributed by atoms with Gasteiger partial charge in [-0.05, 0) is 25.2 Å². The third-order valence-corrected chi connectivity index (χ3v) is 5.30. The van der Waals surface area contributed by atoms with Gasteiger partial charge in [0.25, 0.3) is 0 Å². The van der Waals surface area contributed by atoms with Crippen LogP contribution in [0.3, 0.4) is 0 Å². The Morgan fingerprint density at radius 1 is 1.15 bits per heavy atom. The Balaban J connectivity index is 2.04. The summed E-state index contributed by atoms with van der Waals surface area (Å²) in [4.78, 5) is 38.1. The molecule has 0 unspecified atom stereocenters. The summed E-state index contributed by atoms with van der Waals surface area (Å²) in [6.07, 6.45) is 4.72. The molecule has 3 heteroatoms. The molecule has 0 aromatic heterocycles. The Bertz CT molecular complexity index is 700. The number of allylic oxidation sites excluding steroid dienone is 2. The van der Waals surface area contributed by atoms with E-state index >= 15 is 0 Å². The van der Waals surface area contributed by atoms with Crippen LogP contribution in [-0.2, 0) is 4.79 Å². The summed E-state index contributed by atoms with van der Waals surface area (Å²) in [6.45, 7) is 1.46. The SMILES string of the molecule is CC(=O)[C@@]12C(=O)c3ccccc3C(=O)[C@@H]1[C@@H]1C=C[C@H]2C1. The first kappa shape index (κ1) is 11.8. The molecule has 0 aliphatic heterocycles. The van der Waals surface area contributed by atoms with Crippen molar-refractivity contribution in [3.05, 3.63) is 47.5 Å². The molecule has 1 fully saturated rings. The van der Waals surface area contributed by atoms with Crippen molar-refractivity contribution in [3.8, 4) is 0 Å². The molecule has 0 heterocycles. The van der Waals surface area contributed by atoms with Crippen LogP contribution >= 0.6 is 0 Å². The van der Waals surface area contributed by atoms with Gasteiger partial charge in [-0.1, -0.05) is 36.4 Å². The van der Waals surface area contributed by atoms with Gasteiger partial charge in [0.15, 0.2) is 11.6 Å². The molecule has 0 saturated heterocycles. The molecule has 1 saturated carbocycles. The molecular formula is C17H14O3. The van der Waals surface area contributed by atoms with E-state index < -0.39 is 11.3 Å². The van der Waals surface area contributed by atoms with Gasteiger partial charge in [0, 0.05) is 17.0 Å². The monoisotopic (exact) mass is 266 g/mol. The van der Waals surface area contributed by atoms with Crippen molar-refractivity contribution in [1.82, 2.24) is 0 Å². The van der Waals surface area contributed by atoms with Crippen molar-refractivity contribution in [2.24, 2.45) is 23.2 Å². The molecule has 4 atom stereocenters. The van der Waals surface area contributed by atoms with Crippen LogP contribution in [0.2, 0.25) is 0 Å². The summed E-state index contributed by atoms with van der Waals surface area (Å²) in [5, 5.41) is 0. The number of Topliss-reactive ketones (excluding diaryl/α,β-unsaturated/α-hetero) is 3. The van der Waals surface area contributed by atoms with Crippen LogP contribution in [0.5, 0.6) is 0 Å². The highest BCUT2D eigenvalue weighted by atomic mass is 16.2. The molecule has 1 aromatic rings. The van der Waals surface area contributed by atoms with Crippen molar-refractivity contribution in [1.29, 1.82) is 0 Å². The molecule has 20 heavy (non-hydrogen) atoms. The number of ketones is 3. The molecule has 3 aliphatic carbocycles. The third-order valence-electron chi connectivity index (χ3n) is 5.30. The minimum absolute atomic E-state index is 0.0350.